The third-order valence-corrected chi connectivity index (χ3v) is 4.04. The first-order chi connectivity index (χ1) is 7.27. The lowest BCUT2D eigenvalue weighted by Crippen LogP contribution is -2.13. The quantitative estimate of drug-likeness (QED) is 0.872. The number of rotatable bonds is 3. The Morgan fingerprint density at radius 3 is 2.50 bits per heavy atom. The van der Waals surface area contributed by atoms with Crippen LogP contribution in [-0.4, -0.2) is 26.3 Å². The molecule has 0 heterocycles. The highest BCUT2D eigenvalue weighted by Gasteiger charge is 2.20. The van der Waals surface area contributed by atoms with Crippen LogP contribution >= 0.6 is 15.9 Å². The molecule has 0 bridgehead atoms. The Morgan fingerprint density at radius 1 is 1.56 bits per heavy atom. The highest BCUT2D eigenvalue weighted by molar-refractivity contribution is 9.10. The van der Waals surface area contributed by atoms with Gasteiger partial charge in [0, 0.05) is 17.3 Å². The highest BCUT2D eigenvalue weighted by Crippen LogP contribution is 2.28. The lowest BCUT2D eigenvalue weighted by atomic mass is 10.1. The lowest BCUT2D eigenvalue weighted by molar-refractivity contribution is 0.186. The average Bonchev–Trinajstić information content (AvgIpc) is 2.13. The minimum atomic E-state index is -3.65. The molecule has 1 aromatic rings. The fourth-order valence-corrected chi connectivity index (χ4v) is 3.42. The van der Waals surface area contributed by atoms with Crippen LogP contribution in [0, 0.1) is 5.82 Å². The molecule has 4 nitrogen and oxygen atoms in total. The van der Waals surface area contributed by atoms with Gasteiger partial charge in [-0.25, -0.2) is 12.8 Å². The summed E-state index contributed by atoms with van der Waals surface area (Å²) in [6.07, 6.45) is -0.103. The zero-order valence-corrected chi connectivity index (χ0v) is 10.8. The Labute approximate surface area is 101 Å². The van der Waals surface area contributed by atoms with Crippen LogP contribution in [0.5, 0.6) is 0 Å². The first kappa shape index (κ1) is 13.6. The van der Waals surface area contributed by atoms with Crippen molar-refractivity contribution < 1.29 is 17.9 Å². The topological polar surface area (TPSA) is 80.4 Å². The van der Waals surface area contributed by atoms with Crippen molar-refractivity contribution in [1.29, 1.82) is 0 Å². The van der Waals surface area contributed by atoms with Gasteiger partial charge in [0.1, 0.15) is 10.7 Å². The van der Waals surface area contributed by atoms with Gasteiger partial charge < -0.3 is 10.8 Å². The summed E-state index contributed by atoms with van der Waals surface area (Å²) in [5.74, 6) is -0.903. The van der Waals surface area contributed by atoms with Crippen LogP contribution < -0.4 is 5.73 Å². The molecule has 0 saturated heterocycles. The zero-order valence-electron chi connectivity index (χ0n) is 8.44. The van der Waals surface area contributed by atoms with Gasteiger partial charge in [-0.3, -0.25) is 0 Å². The molecule has 0 spiro atoms. The summed E-state index contributed by atoms with van der Waals surface area (Å²) in [4.78, 5) is -0.416. The van der Waals surface area contributed by atoms with Gasteiger partial charge in [0.05, 0.1) is 6.10 Å². The van der Waals surface area contributed by atoms with Crippen LogP contribution in [0.3, 0.4) is 0 Å². The van der Waals surface area contributed by atoms with Crippen LogP contribution in [0.2, 0.25) is 0 Å². The monoisotopic (exact) mass is 311 g/mol. The van der Waals surface area contributed by atoms with Crippen LogP contribution in [0.4, 0.5) is 4.39 Å². The maximum atomic E-state index is 13.5. The van der Waals surface area contributed by atoms with Crippen molar-refractivity contribution in [3.63, 3.8) is 0 Å². The SMILES string of the molecule is CS(=O)(=O)c1c(F)cc(C(O)CN)cc1Br. The molecular formula is C9H11BrFNO3S. The van der Waals surface area contributed by atoms with Gasteiger partial charge in [0.2, 0.25) is 0 Å². The number of hydrogen-bond acceptors (Lipinski definition) is 4. The minimum Gasteiger partial charge on any atom is -0.387 e. The van der Waals surface area contributed by atoms with E-state index in [-0.39, 0.29) is 16.6 Å². The Kier molecular flexibility index (Phi) is 4.06. The van der Waals surface area contributed by atoms with E-state index in [1.165, 1.54) is 6.07 Å². The molecule has 90 valence electrons. The molecule has 0 saturated carbocycles. The van der Waals surface area contributed by atoms with E-state index >= 15 is 0 Å². The molecule has 7 heteroatoms. The summed E-state index contributed by atoms with van der Waals surface area (Å²) in [5, 5.41) is 9.41. The number of benzene rings is 1. The second-order valence-electron chi connectivity index (χ2n) is 3.34. The zero-order chi connectivity index (χ0) is 12.5. The van der Waals surface area contributed by atoms with Crippen LogP contribution in [0.15, 0.2) is 21.5 Å². The minimum absolute atomic E-state index is 0.0654. The lowest BCUT2D eigenvalue weighted by Gasteiger charge is -2.11. The summed E-state index contributed by atoms with van der Waals surface area (Å²) in [7, 11) is -3.65. The highest BCUT2D eigenvalue weighted by atomic mass is 79.9. The van der Waals surface area contributed by atoms with Crippen molar-refractivity contribution in [1.82, 2.24) is 0 Å². The largest absolute Gasteiger partial charge is 0.387 e. The number of aliphatic hydroxyl groups excluding tert-OH is 1. The van der Waals surface area contributed by atoms with Crippen molar-refractivity contribution in [3.8, 4) is 0 Å². The Hall–Kier alpha value is -0.500. The van der Waals surface area contributed by atoms with E-state index in [9.17, 15) is 17.9 Å². The predicted octanol–water partition coefficient (Wildman–Crippen LogP) is 0.984. The smallest absolute Gasteiger partial charge is 0.179 e. The molecule has 3 N–H and O–H groups in total. The van der Waals surface area contributed by atoms with E-state index in [0.717, 1.165) is 12.3 Å². The Bertz CT molecular complexity index is 480. The summed E-state index contributed by atoms with van der Waals surface area (Å²) in [6.45, 7) is -0.0654. The van der Waals surface area contributed by atoms with Crippen molar-refractivity contribution in [2.24, 2.45) is 5.73 Å². The van der Waals surface area contributed by atoms with Gasteiger partial charge >= 0.3 is 0 Å². The van der Waals surface area contributed by atoms with Crippen LogP contribution in [0.1, 0.15) is 11.7 Å². The van der Waals surface area contributed by atoms with Crippen molar-refractivity contribution in [2.45, 2.75) is 11.0 Å². The van der Waals surface area contributed by atoms with E-state index in [2.05, 4.69) is 15.9 Å². The fraction of sp³-hybridized carbons (Fsp3) is 0.333. The molecule has 16 heavy (non-hydrogen) atoms. The molecule has 0 fully saturated rings. The molecule has 1 unspecified atom stereocenters. The first-order valence-corrected chi connectivity index (χ1v) is 7.03. The Morgan fingerprint density at radius 2 is 2.12 bits per heavy atom. The van der Waals surface area contributed by atoms with Gasteiger partial charge in [-0.05, 0) is 33.6 Å². The standard InChI is InChI=1S/C9H11BrFNO3S/c1-16(14,15)9-6(10)2-5(3-7(9)11)8(13)4-12/h2-3,8,13H,4,12H2,1H3. The summed E-state index contributed by atoms with van der Waals surface area (Å²) < 4.78 is 36.2. The molecule has 1 rings (SSSR count). The van der Waals surface area contributed by atoms with Gasteiger partial charge in [-0.2, -0.15) is 0 Å². The molecular weight excluding hydrogens is 301 g/mol. The van der Waals surface area contributed by atoms with Crippen LogP contribution in [0.25, 0.3) is 0 Å². The summed E-state index contributed by atoms with van der Waals surface area (Å²) in [6, 6.07) is 2.32. The van der Waals surface area contributed by atoms with E-state index in [1.807, 2.05) is 0 Å². The van der Waals surface area contributed by atoms with Crippen LogP contribution in [-0.2, 0) is 9.84 Å². The first-order valence-electron chi connectivity index (χ1n) is 4.34. The predicted molar refractivity (Wildman–Crippen MR) is 61.2 cm³/mol. The van der Waals surface area contributed by atoms with E-state index in [1.54, 1.807) is 0 Å². The molecule has 0 aliphatic rings. The number of hydrogen-bond donors (Lipinski definition) is 2. The summed E-state index contributed by atoms with van der Waals surface area (Å²) >= 11 is 2.96. The second-order valence-corrected chi connectivity index (χ2v) is 6.14. The van der Waals surface area contributed by atoms with E-state index in [4.69, 9.17) is 5.73 Å². The third-order valence-electron chi connectivity index (χ3n) is 2.00. The molecule has 0 aliphatic heterocycles. The average molecular weight is 312 g/mol. The van der Waals surface area contributed by atoms with Crippen molar-refractivity contribution >= 4 is 25.8 Å². The molecule has 1 aromatic carbocycles. The molecule has 0 aliphatic carbocycles. The summed E-state index contributed by atoms with van der Waals surface area (Å²) in [5.41, 5.74) is 5.46. The number of halogens is 2. The number of aliphatic hydroxyl groups is 1. The van der Waals surface area contributed by atoms with Gasteiger partial charge in [-0.15, -0.1) is 0 Å². The molecule has 1 atom stereocenters. The fourth-order valence-electron chi connectivity index (χ4n) is 1.26. The van der Waals surface area contributed by atoms with Crippen molar-refractivity contribution in [3.05, 3.63) is 28.0 Å². The Balaban J connectivity index is 3.40. The maximum absolute atomic E-state index is 13.5. The van der Waals surface area contributed by atoms with Crippen molar-refractivity contribution in [2.75, 3.05) is 12.8 Å². The maximum Gasteiger partial charge on any atom is 0.179 e. The normalized spacial score (nSPS) is 13.8. The van der Waals surface area contributed by atoms with E-state index < -0.39 is 26.7 Å². The molecule has 0 amide bonds. The van der Waals surface area contributed by atoms with Gasteiger partial charge in [-0.1, -0.05) is 0 Å². The second kappa shape index (κ2) is 4.79. The number of sulfone groups is 1. The molecule has 0 radical (unpaired) electrons. The van der Waals surface area contributed by atoms with Gasteiger partial charge in [0.25, 0.3) is 0 Å². The molecule has 0 aromatic heterocycles. The third kappa shape index (κ3) is 2.79. The van der Waals surface area contributed by atoms with E-state index in [0.29, 0.717) is 0 Å². The van der Waals surface area contributed by atoms with Gasteiger partial charge in [0.15, 0.2) is 9.84 Å². The number of nitrogens with two attached hydrogens (primary N) is 1.